The zero-order valence-corrected chi connectivity index (χ0v) is 14.0. The molecule has 0 spiro atoms. The molecule has 1 unspecified atom stereocenters. The van der Waals surface area contributed by atoms with Gasteiger partial charge in [0, 0.05) is 24.2 Å². The summed E-state index contributed by atoms with van der Waals surface area (Å²) >= 11 is 5.23. The maximum absolute atomic E-state index is 5.15. The lowest BCUT2D eigenvalue weighted by Crippen LogP contribution is -2.24. The maximum Gasteiger partial charge on any atom is 0.216 e. The van der Waals surface area contributed by atoms with Crippen LogP contribution in [0.5, 0.6) is 5.88 Å². The molecule has 0 fully saturated rings. The van der Waals surface area contributed by atoms with E-state index in [1.54, 1.807) is 24.8 Å². The highest BCUT2D eigenvalue weighted by Crippen LogP contribution is 2.27. The van der Waals surface area contributed by atoms with Gasteiger partial charge in [-0.1, -0.05) is 6.92 Å². The molecule has 0 bridgehead atoms. The van der Waals surface area contributed by atoms with Gasteiger partial charge >= 0.3 is 0 Å². The fourth-order valence-electron chi connectivity index (χ4n) is 1.94. The number of nitrogens with zero attached hydrogens (tertiary/aromatic N) is 2. The van der Waals surface area contributed by atoms with Crippen LogP contribution in [-0.2, 0) is 6.42 Å². The second kappa shape index (κ2) is 7.71. The third-order valence-corrected chi connectivity index (χ3v) is 4.47. The van der Waals surface area contributed by atoms with E-state index in [1.165, 1.54) is 5.56 Å². The van der Waals surface area contributed by atoms with E-state index in [-0.39, 0.29) is 6.04 Å². The molecular weight excluding hydrogens is 338 g/mol. The van der Waals surface area contributed by atoms with Crippen molar-refractivity contribution in [2.24, 2.45) is 0 Å². The molecule has 2 aromatic heterocycles. The number of halogens is 1. The molecule has 2 aromatic rings. The summed E-state index contributed by atoms with van der Waals surface area (Å²) < 4.78 is 6.30. The van der Waals surface area contributed by atoms with E-state index >= 15 is 0 Å². The Labute approximate surface area is 131 Å². The number of hydrogen-bond acceptors (Lipinski definition) is 5. The lowest BCUT2D eigenvalue weighted by Gasteiger charge is -2.17. The summed E-state index contributed by atoms with van der Waals surface area (Å²) in [6.07, 6.45) is 3.48. The first-order valence-corrected chi connectivity index (χ1v) is 8.22. The molecule has 2 rings (SSSR count). The zero-order valence-electron chi connectivity index (χ0n) is 11.6. The van der Waals surface area contributed by atoms with Crippen LogP contribution in [0, 0.1) is 0 Å². The van der Waals surface area contributed by atoms with Crippen molar-refractivity contribution in [1.29, 1.82) is 0 Å². The van der Waals surface area contributed by atoms with Crippen molar-refractivity contribution < 1.29 is 4.74 Å². The van der Waals surface area contributed by atoms with Gasteiger partial charge in [0.15, 0.2) is 0 Å². The van der Waals surface area contributed by atoms with Crippen molar-refractivity contribution in [3.63, 3.8) is 0 Å². The second-order valence-electron chi connectivity index (χ2n) is 4.45. The predicted octanol–water partition coefficient (Wildman–Crippen LogP) is 3.59. The fraction of sp³-hybridized carbons (Fsp3) is 0.429. The van der Waals surface area contributed by atoms with Gasteiger partial charge in [0.05, 0.1) is 10.9 Å². The fourth-order valence-corrected chi connectivity index (χ4v) is 3.17. The first-order chi connectivity index (χ1) is 9.72. The summed E-state index contributed by atoms with van der Waals surface area (Å²) in [7, 11) is 1.62. The van der Waals surface area contributed by atoms with Gasteiger partial charge in [0.1, 0.15) is 6.33 Å². The summed E-state index contributed by atoms with van der Waals surface area (Å²) in [5, 5.41) is 5.75. The van der Waals surface area contributed by atoms with Crippen molar-refractivity contribution in [3.05, 3.63) is 38.9 Å². The minimum absolute atomic E-state index is 0.261. The standard InChI is InChI=1S/C14H18BrN3OS/c1-3-4-16-12(10-5-13(15)20-8-10)6-11-7-14(19-2)18-9-17-11/h5,7-9,12,16H,3-4,6H2,1-2H3. The molecule has 108 valence electrons. The van der Waals surface area contributed by atoms with E-state index in [9.17, 15) is 0 Å². The van der Waals surface area contributed by atoms with Crippen molar-refractivity contribution in [2.45, 2.75) is 25.8 Å². The molecule has 1 N–H and O–H groups in total. The summed E-state index contributed by atoms with van der Waals surface area (Å²) in [6, 6.07) is 4.32. The van der Waals surface area contributed by atoms with E-state index in [0.29, 0.717) is 5.88 Å². The second-order valence-corrected chi connectivity index (χ2v) is 6.74. The Bertz CT molecular complexity index is 547. The topological polar surface area (TPSA) is 47.0 Å². The van der Waals surface area contributed by atoms with Crippen molar-refractivity contribution >= 4 is 27.3 Å². The Balaban J connectivity index is 2.14. The van der Waals surface area contributed by atoms with Gasteiger partial charge in [-0.15, -0.1) is 11.3 Å². The van der Waals surface area contributed by atoms with Gasteiger partial charge in [-0.05, 0) is 45.9 Å². The van der Waals surface area contributed by atoms with Crippen LogP contribution < -0.4 is 10.1 Å². The highest BCUT2D eigenvalue weighted by Gasteiger charge is 2.14. The average molecular weight is 356 g/mol. The van der Waals surface area contributed by atoms with Crippen LogP contribution in [0.1, 0.15) is 30.6 Å². The lowest BCUT2D eigenvalue weighted by atomic mass is 10.0. The Morgan fingerprint density at radius 1 is 1.40 bits per heavy atom. The Kier molecular flexibility index (Phi) is 5.94. The van der Waals surface area contributed by atoms with Crippen molar-refractivity contribution in [3.8, 4) is 5.88 Å². The van der Waals surface area contributed by atoms with Crippen molar-refractivity contribution in [1.82, 2.24) is 15.3 Å². The molecule has 0 saturated carbocycles. The van der Waals surface area contributed by atoms with Gasteiger partial charge in [-0.25, -0.2) is 9.97 Å². The Morgan fingerprint density at radius 2 is 2.25 bits per heavy atom. The van der Waals surface area contributed by atoms with E-state index in [0.717, 1.165) is 28.9 Å². The van der Waals surface area contributed by atoms with Gasteiger partial charge < -0.3 is 10.1 Å². The van der Waals surface area contributed by atoms with Crippen LogP contribution in [0.2, 0.25) is 0 Å². The predicted molar refractivity (Wildman–Crippen MR) is 85.3 cm³/mol. The van der Waals surface area contributed by atoms with Crippen LogP contribution in [0.4, 0.5) is 0 Å². The molecule has 0 aliphatic heterocycles. The molecule has 0 aromatic carbocycles. The maximum atomic E-state index is 5.15. The molecular formula is C14H18BrN3OS. The SMILES string of the molecule is CCCNC(Cc1cc(OC)ncn1)c1csc(Br)c1. The first-order valence-electron chi connectivity index (χ1n) is 6.55. The molecule has 1 atom stereocenters. The largest absolute Gasteiger partial charge is 0.481 e. The highest BCUT2D eigenvalue weighted by atomic mass is 79.9. The monoisotopic (exact) mass is 355 g/mol. The smallest absolute Gasteiger partial charge is 0.216 e. The molecule has 0 aliphatic carbocycles. The van der Waals surface area contributed by atoms with Gasteiger partial charge in [0.25, 0.3) is 0 Å². The third kappa shape index (κ3) is 4.26. The third-order valence-electron chi connectivity index (χ3n) is 2.95. The molecule has 0 radical (unpaired) electrons. The Morgan fingerprint density at radius 3 is 2.90 bits per heavy atom. The van der Waals surface area contributed by atoms with E-state index < -0.39 is 0 Å². The molecule has 6 heteroatoms. The van der Waals surface area contributed by atoms with E-state index in [4.69, 9.17) is 4.74 Å². The minimum Gasteiger partial charge on any atom is -0.481 e. The number of aromatic nitrogens is 2. The summed E-state index contributed by atoms with van der Waals surface area (Å²) in [6.45, 7) is 3.15. The Hall–Kier alpha value is -0.980. The van der Waals surface area contributed by atoms with E-state index in [1.807, 2.05) is 6.07 Å². The lowest BCUT2D eigenvalue weighted by molar-refractivity contribution is 0.395. The first kappa shape index (κ1) is 15.4. The molecule has 20 heavy (non-hydrogen) atoms. The number of methoxy groups -OCH3 is 1. The van der Waals surface area contributed by atoms with Crippen LogP contribution in [0.3, 0.4) is 0 Å². The van der Waals surface area contributed by atoms with Crippen LogP contribution in [0.25, 0.3) is 0 Å². The number of ether oxygens (including phenoxy) is 1. The normalized spacial score (nSPS) is 12.3. The summed E-state index contributed by atoms with van der Waals surface area (Å²) in [5.41, 5.74) is 2.26. The van der Waals surface area contributed by atoms with Crippen molar-refractivity contribution in [2.75, 3.05) is 13.7 Å². The number of nitrogens with one attached hydrogen (secondary N) is 1. The van der Waals surface area contributed by atoms with E-state index in [2.05, 4.69) is 49.6 Å². The number of thiophene rings is 1. The summed E-state index contributed by atoms with van der Waals surface area (Å²) in [4.78, 5) is 8.37. The van der Waals surface area contributed by atoms with Gasteiger partial charge in [-0.3, -0.25) is 0 Å². The zero-order chi connectivity index (χ0) is 14.4. The van der Waals surface area contributed by atoms with Crippen LogP contribution >= 0.6 is 27.3 Å². The summed E-state index contributed by atoms with van der Waals surface area (Å²) in [5.74, 6) is 0.607. The molecule has 0 saturated heterocycles. The van der Waals surface area contributed by atoms with Gasteiger partial charge in [-0.2, -0.15) is 0 Å². The van der Waals surface area contributed by atoms with Crippen LogP contribution in [-0.4, -0.2) is 23.6 Å². The van der Waals surface area contributed by atoms with Gasteiger partial charge in [0.2, 0.25) is 5.88 Å². The molecule has 0 amide bonds. The number of hydrogen-bond donors (Lipinski definition) is 1. The number of rotatable bonds is 7. The highest BCUT2D eigenvalue weighted by molar-refractivity contribution is 9.11. The molecule has 0 aliphatic rings. The average Bonchev–Trinajstić information content (AvgIpc) is 2.90. The minimum atomic E-state index is 0.261. The molecule has 4 nitrogen and oxygen atoms in total. The quantitative estimate of drug-likeness (QED) is 0.824. The molecule has 2 heterocycles. The van der Waals surface area contributed by atoms with Crippen LogP contribution in [0.15, 0.2) is 27.6 Å².